The van der Waals surface area contributed by atoms with Crippen LogP contribution < -0.4 is 11.2 Å². The third kappa shape index (κ3) is 2.35. The summed E-state index contributed by atoms with van der Waals surface area (Å²) in [5.41, 5.74) is 8.57. The second kappa shape index (κ2) is 4.09. The number of hydrazone groups is 1. The summed E-state index contributed by atoms with van der Waals surface area (Å²) in [6.45, 7) is 1.68. The number of carbonyl (C=O) groups is 1. The number of rotatable bonds is 2. The second-order valence-corrected chi connectivity index (χ2v) is 2.57. The summed E-state index contributed by atoms with van der Waals surface area (Å²) in [5.74, 6) is 0. The smallest absolute Gasteiger partial charge is 0.332 e. The van der Waals surface area contributed by atoms with E-state index < -0.39 is 6.03 Å². The van der Waals surface area contributed by atoms with Gasteiger partial charge in [0.1, 0.15) is 11.8 Å². The molecule has 1 aromatic heterocycles. The quantitative estimate of drug-likeness (QED) is 0.461. The van der Waals surface area contributed by atoms with Gasteiger partial charge in [-0.15, -0.1) is 0 Å². The highest BCUT2D eigenvalue weighted by Gasteiger charge is 2.01. The van der Waals surface area contributed by atoms with Crippen LogP contribution in [0.3, 0.4) is 0 Å². The first-order valence-electron chi connectivity index (χ1n) is 3.82. The molecule has 72 valence electrons. The second-order valence-electron chi connectivity index (χ2n) is 2.57. The van der Waals surface area contributed by atoms with Crippen molar-refractivity contribution in [1.29, 1.82) is 5.26 Å². The van der Waals surface area contributed by atoms with E-state index in [9.17, 15) is 4.79 Å². The van der Waals surface area contributed by atoms with E-state index in [4.69, 9.17) is 11.0 Å². The number of amides is 2. The van der Waals surface area contributed by atoms with Crippen molar-refractivity contribution in [3.63, 3.8) is 0 Å². The molecule has 0 radical (unpaired) electrons. The number of aromatic amines is 1. The molecule has 6 heteroatoms. The average Bonchev–Trinajstić information content (AvgIpc) is 2.62. The molecule has 0 saturated heterocycles. The van der Waals surface area contributed by atoms with Crippen molar-refractivity contribution in [3.8, 4) is 6.07 Å². The Hall–Kier alpha value is -2.29. The number of nitrogens with one attached hydrogen (secondary N) is 2. The highest BCUT2D eigenvalue weighted by atomic mass is 16.2. The number of hydrogen-bond donors (Lipinski definition) is 3. The van der Waals surface area contributed by atoms with E-state index >= 15 is 0 Å². The molecule has 1 heterocycles. The maximum absolute atomic E-state index is 10.3. The SMILES string of the molecule is C/C(=N/NC(N)=O)c1ccc(C#N)[nH]1. The van der Waals surface area contributed by atoms with Crippen molar-refractivity contribution >= 4 is 11.7 Å². The van der Waals surface area contributed by atoms with Crippen LogP contribution in [0, 0.1) is 11.3 Å². The number of nitrogens with two attached hydrogens (primary N) is 1. The molecule has 0 aromatic carbocycles. The highest BCUT2D eigenvalue weighted by Crippen LogP contribution is 2.01. The van der Waals surface area contributed by atoms with Crippen molar-refractivity contribution in [3.05, 3.63) is 23.5 Å². The fourth-order valence-corrected chi connectivity index (χ4v) is 0.871. The van der Waals surface area contributed by atoms with Crippen LogP contribution in [0.1, 0.15) is 18.3 Å². The topological polar surface area (TPSA) is 107 Å². The Morgan fingerprint density at radius 3 is 2.93 bits per heavy atom. The van der Waals surface area contributed by atoms with Gasteiger partial charge in [-0.3, -0.25) is 0 Å². The fourth-order valence-electron chi connectivity index (χ4n) is 0.871. The van der Waals surface area contributed by atoms with Gasteiger partial charge in [0, 0.05) is 0 Å². The predicted octanol–water partition coefficient (Wildman–Crippen LogP) is 0.279. The van der Waals surface area contributed by atoms with Crippen LogP contribution in [-0.2, 0) is 0 Å². The number of nitrogens with zero attached hydrogens (tertiary/aromatic N) is 2. The van der Waals surface area contributed by atoms with E-state index in [-0.39, 0.29) is 0 Å². The molecule has 4 N–H and O–H groups in total. The van der Waals surface area contributed by atoms with Crippen LogP contribution in [0.15, 0.2) is 17.2 Å². The maximum atomic E-state index is 10.3. The highest BCUT2D eigenvalue weighted by molar-refractivity contribution is 5.97. The molecule has 6 nitrogen and oxygen atoms in total. The molecular formula is C8H9N5O. The lowest BCUT2D eigenvalue weighted by Crippen LogP contribution is -2.25. The molecule has 0 saturated carbocycles. The van der Waals surface area contributed by atoms with E-state index in [1.165, 1.54) is 0 Å². The van der Waals surface area contributed by atoms with Gasteiger partial charge in [-0.1, -0.05) is 0 Å². The molecule has 0 aliphatic heterocycles. The van der Waals surface area contributed by atoms with E-state index in [0.717, 1.165) is 0 Å². The molecule has 0 bridgehead atoms. The van der Waals surface area contributed by atoms with Gasteiger partial charge in [-0.25, -0.2) is 10.2 Å². The number of primary amides is 1. The summed E-state index contributed by atoms with van der Waals surface area (Å²) in [6.07, 6.45) is 0. The third-order valence-corrected chi connectivity index (χ3v) is 1.53. The number of urea groups is 1. The number of carbonyl (C=O) groups excluding carboxylic acids is 1. The zero-order valence-electron chi connectivity index (χ0n) is 7.53. The van der Waals surface area contributed by atoms with E-state index in [2.05, 4.69) is 15.5 Å². The molecule has 0 atom stereocenters. The van der Waals surface area contributed by atoms with Gasteiger partial charge in [0.25, 0.3) is 0 Å². The summed E-state index contributed by atoms with van der Waals surface area (Å²) in [4.78, 5) is 13.1. The minimum Gasteiger partial charge on any atom is -0.350 e. The summed E-state index contributed by atoms with van der Waals surface area (Å²) >= 11 is 0. The fraction of sp³-hybridized carbons (Fsp3) is 0.125. The zero-order valence-corrected chi connectivity index (χ0v) is 7.53. The van der Waals surface area contributed by atoms with Gasteiger partial charge in [-0.2, -0.15) is 10.4 Å². The van der Waals surface area contributed by atoms with E-state index in [0.29, 0.717) is 17.1 Å². The molecule has 14 heavy (non-hydrogen) atoms. The molecular weight excluding hydrogens is 182 g/mol. The van der Waals surface area contributed by atoms with Gasteiger partial charge in [0.05, 0.1) is 11.4 Å². The Bertz CT molecular complexity index is 412. The first-order valence-corrected chi connectivity index (χ1v) is 3.82. The Morgan fingerprint density at radius 2 is 2.43 bits per heavy atom. The monoisotopic (exact) mass is 191 g/mol. The number of H-pyrrole nitrogens is 1. The lowest BCUT2D eigenvalue weighted by molar-refractivity contribution is 0.249. The molecule has 0 aliphatic carbocycles. The van der Waals surface area contributed by atoms with Crippen LogP contribution in [0.2, 0.25) is 0 Å². The Balaban J connectivity index is 2.79. The number of hydrogen-bond acceptors (Lipinski definition) is 3. The summed E-state index contributed by atoms with van der Waals surface area (Å²) < 4.78 is 0. The van der Waals surface area contributed by atoms with Crippen LogP contribution in [-0.4, -0.2) is 16.7 Å². The lowest BCUT2D eigenvalue weighted by atomic mass is 10.3. The number of nitriles is 1. The van der Waals surface area contributed by atoms with E-state index in [1.807, 2.05) is 6.07 Å². The summed E-state index contributed by atoms with van der Waals surface area (Å²) in [5, 5.41) is 12.2. The standard InChI is InChI=1S/C8H9N5O/c1-5(12-13-8(10)14)7-3-2-6(4-9)11-7/h2-3,11H,1H3,(H3,10,13,14)/b12-5-. The molecule has 2 amide bonds. The van der Waals surface area contributed by atoms with Crippen LogP contribution in [0.25, 0.3) is 0 Å². The molecule has 0 spiro atoms. The summed E-state index contributed by atoms with van der Waals surface area (Å²) in [6, 6.07) is 4.54. The van der Waals surface area contributed by atoms with Crippen molar-refractivity contribution in [2.75, 3.05) is 0 Å². The summed E-state index contributed by atoms with van der Waals surface area (Å²) in [7, 11) is 0. The van der Waals surface area contributed by atoms with Crippen molar-refractivity contribution in [1.82, 2.24) is 10.4 Å². The van der Waals surface area contributed by atoms with Gasteiger partial charge < -0.3 is 10.7 Å². The molecule has 0 fully saturated rings. The van der Waals surface area contributed by atoms with E-state index in [1.54, 1.807) is 19.1 Å². The van der Waals surface area contributed by atoms with Gasteiger partial charge >= 0.3 is 6.03 Å². The first-order chi connectivity index (χ1) is 6.63. The molecule has 1 rings (SSSR count). The third-order valence-electron chi connectivity index (χ3n) is 1.53. The minimum absolute atomic E-state index is 0.439. The lowest BCUT2D eigenvalue weighted by Gasteiger charge is -1.96. The Kier molecular flexibility index (Phi) is 2.86. The van der Waals surface area contributed by atoms with Crippen LogP contribution in [0.5, 0.6) is 0 Å². The van der Waals surface area contributed by atoms with Gasteiger partial charge in [0.15, 0.2) is 0 Å². The van der Waals surface area contributed by atoms with Crippen LogP contribution in [0.4, 0.5) is 4.79 Å². The maximum Gasteiger partial charge on any atom is 0.332 e. The molecule has 1 aromatic rings. The Morgan fingerprint density at radius 1 is 1.71 bits per heavy atom. The van der Waals surface area contributed by atoms with Gasteiger partial charge in [0.2, 0.25) is 0 Å². The zero-order chi connectivity index (χ0) is 10.6. The normalized spacial score (nSPS) is 10.7. The largest absolute Gasteiger partial charge is 0.350 e. The average molecular weight is 191 g/mol. The predicted molar refractivity (Wildman–Crippen MR) is 50.4 cm³/mol. The molecule has 0 aliphatic rings. The minimum atomic E-state index is -0.726. The van der Waals surface area contributed by atoms with Gasteiger partial charge in [-0.05, 0) is 19.1 Å². The van der Waals surface area contributed by atoms with Crippen molar-refractivity contribution in [2.24, 2.45) is 10.8 Å². The van der Waals surface area contributed by atoms with Crippen LogP contribution >= 0.6 is 0 Å². The Labute approximate surface area is 80.4 Å². The first kappa shape index (κ1) is 9.80. The molecule has 0 unspecified atom stereocenters. The number of aromatic nitrogens is 1. The van der Waals surface area contributed by atoms with Crippen molar-refractivity contribution < 1.29 is 4.79 Å². The van der Waals surface area contributed by atoms with Crippen molar-refractivity contribution in [2.45, 2.75) is 6.92 Å².